The predicted molar refractivity (Wildman–Crippen MR) is 91.5 cm³/mol. The van der Waals surface area contributed by atoms with Crippen molar-refractivity contribution in [3.05, 3.63) is 83.2 Å². The lowest BCUT2D eigenvalue weighted by molar-refractivity contribution is 0.0171. The van der Waals surface area contributed by atoms with Gasteiger partial charge in [-0.05, 0) is 46.5 Å². The van der Waals surface area contributed by atoms with Gasteiger partial charge in [-0.2, -0.15) is 0 Å². The van der Waals surface area contributed by atoms with Gasteiger partial charge in [-0.25, -0.2) is 13.2 Å². The number of alkyl halides is 2. The summed E-state index contributed by atoms with van der Waals surface area (Å²) in [4.78, 5) is 0. The third-order valence-corrected chi connectivity index (χ3v) is 3.45. The highest BCUT2D eigenvalue weighted by Gasteiger charge is 2.25. The maximum atomic E-state index is 13.5. The van der Waals surface area contributed by atoms with Crippen LogP contribution in [0.1, 0.15) is 34.7 Å². The first-order valence-corrected chi connectivity index (χ1v) is 7.09. The van der Waals surface area contributed by atoms with E-state index in [4.69, 9.17) is 0 Å². The molecule has 0 aliphatic rings. The fraction of sp³-hybridized carbons (Fsp3) is 0.100. The Hall–Kier alpha value is -2.55. The minimum absolute atomic E-state index is 0.342. The Morgan fingerprint density at radius 1 is 0.870 bits per heavy atom. The van der Waals surface area contributed by atoms with E-state index in [1.54, 1.807) is 24.3 Å². The minimum atomic E-state index is -3.08. The fourth-order valence-corrected chi connectivity index (χ4v) is 2.21. The molecule has 118 valence electrons. The van der Waals surface area contributed by atoms with E-state index in [1.165, 1.54) is 12.1 Å². The van der Waals surface area contributed by atoms with E-state index >= 15 is 0 Å². The van der Waals surface area contributed by atoms with Crippen LogP contribution >= 0.6 is 0 Å². The van der Waals surface area contributed by atoms with Gasteiger partial charge in [0.2, 0.25) is 0 Å². The second kappa shape index (κ2) is 6.69. The molecule has 2 aromatic carbocycles. The predicted octanol–water partition coefficient (Wildman–Crippen LogP) is 6.39. The van der Waals surface area contributed by atoms with Crippen molar-refractivity contribution in [2.75, 3.05) is 0 Å². The summed E-state index contributed by atoms with van der Waals surface area (Å²) in [5.74, 6) is -3.76. The SMILES string of the molecule is C=Cc1ccc(/C=C/c2cc(F)cc(C(C)(F)F)c2)cc1C=C. The fourth-order valence-electron chi connectivity index (χ4n) is 2.21. The van der Waals surface area contributed by atoms with Crippen LogP contribution in [0, 0.1) is 5.82 Å². The Bertz CT molecular complexity index is 765. The maximum absolute atomic E-state index is 13.5. The van der Waals surface area contributed by atoms with Crippen LogP contribution in [0.3, 0.4) is 0 Å². The minimum Gasteiger partial charge on any atom is -0.207 e. The Kier molecular flexibility index (Phi) is 4.89. The molecular formula is C20H17F3. The van der Waals surface area contributed by atoms with Crippen molar-refractivity contribution in [2.45, 2.75) is 12.8 Å². The first kappa shape index (κ1) is 16.8. The van der Waals surface area contributed by atoms with Crippen LogP contribution in [0.4, 0.5) is 13.2 Å². The van der Waals surface area contributed by atoms with Crippen molar-refractivity contribution < 1.29 is 13.2 Å². The van der Waals surface area contributed by atoms with Crippen LogP contribution in [-0.2, 0) is 5.92 Å². The molecule has 0 radical (unpaired) electrons. The molecule has 2 aromatic rings. The third kappa shape index (κ3) is 4.22. The Balaban J connectivity index is 2.35. The van der Waals surface area contributed by atoms with Gasteiger partial charge in [-0.15, -0.1) is 0 Å². The van der Waals surface area contributed by atoms with Gasteiger partial charge >= 0.3 is 0 Å². The van der Waals surface area contributed by atoms with Crippen molar-refractivity contribution in [1.82, 2.24) is 0 Å². The molecule has 3 heteroatoms. The number of hydrogen-bond donors (Lipinski definition) is 0. The highest BCUT2D eigenvalue weighted by molar-refractivity contribution is 5.73. The Labute approximate surface area is 134 Å². The van der Waals surface area contributed by atoms with Gasteiger partial charge in [0.15, 0.2) is 0 Å². The largest absolute Gasteiger partial charge is 0.270 e. The van der Waals surface area contributed by atoms with Crippen LogP contribution < -0.4 is 0 Å². The van der Waals surface area contributed by atoms with E-state index in [1.807, 2.05) is 18.2 Å². The maximum Gasteiger partial charge on any atom is 0.270 e. The van der Waals surface area contributed by atoms with Crippen LogP contribution in [0.15, 0.2) is 49.6 Å². The normalized spacial score (nSPS) is 11.7. The quantitative estimate of drug-likeness (QED) is 0.561. The van der Waals surface area contributed by atoms with Crippen LogP contribution in [-0.4, -0.2) is 0 Å². The van der Waals surface area contributed by atoms with Crippen LogP contribution in [0.25, 0.3) is 24.3 Å². The monoisotopic (exact) mass is 314 g/mol. The van der Waals surface area contributed by atoms with Crippen molar-refractivity contribution in [3.63, 3.8) is 0 Å². The molecule has 0 atom stereocenters. The molecule has 0 aliphatic carbocycles. The molecule has 0 amide bonds. The number of halogens is 3. The molecule has 0 aliphatic heterocycles. The molecule has 0 spiro atoms. The molecule has 0 fully saturated rings. The van der Waals surface area contributed by atoms with Gasteiger partial charge in [0, 0.05) is 12.5 Å². The van der Waals surface area contributed by atoms with Crippen LogP contribution in [0.5, 0.6) is 0 Å². The van der Waals surface area contributed by atoms with Crippen molar-refractivity contribution in [1.29, 1.82) is 0 Å². The Morgan fingerprint density at radius 2 is 1.52 bits per heavy atom. The van der Waals surface area contributed by atoms with Crippen molar-refractivity contribution >= 4 is 24.3 Å². The highest BCUT2D eigenvalue weighted by atomic mass is 19.3. The van der Waals surface area contributed by atoms with E-state index in [2.05, 4.69) is 13.2 Å². The topological polar surface area (TPSA) is 0 Å². The molecule has 0 nitrogen and oxygen atoms in total. The average molecular weight is 314 g/mol. The van der Waals surface area contributed by atoms with Crippen molar-refractivity contribution in [2.24, 2.45) is 0 Å². The molecule has 0 heterocycles. The summed E-state index contributed by atoms with van der Waals surface area (Å²) < 4.78 is 40.2. The molecule has 0 aromatic heterocycles. The van der Waals surface area contributed by atoms with E-state index in [0.717, 1.165) is 29.7 Å². The summed E-state index contributed by atoms with van der Waals surface area (Å²) in [6.45, 7) is 8.22. The van der Waals surface area contributed by atoms with Gasteiger partial charge in [0.25, 0.3) is 5.92 Å². The summed E-state index contributed by atoms with van der Waals surface area (Å²) in [6.07, 6.45) is 6.79. The third-order valence-electron chi connectivity index (χ3n) is 3.45. The summed E-state index contributed by atoms with van der Waals surface area (Å²) in [5, 5.41) is 0. The molecule has 0 saturated carbocycles. The summed E-state index contributed by atoms with van der Waals surface area (Å²) in [7, 11) is 0. The standard InChI is InChI=1S/C20H17F3/c1-4-16-9-8-14(10-17(16)5-2)6-7-15-11-18(20(3,22)23)13-19(21)12-15/h4-13H,1-2H2,3H3/b7-6+. The lowest BCUT2D eigenvalue weighted by atomic mass is 10.0. The molecule has 0 unspecified atom stereocenters. The average Bonchev–Trinajstić information content (AvgIpc) is 2.51. The Morgan fingerprint density at radius 3 is 2.13 bits per heavy atom. The van der Waals surface area contributed by atoms with Gasteiger partial charge in [0.05, 0.1) is 0 Å². The van der Waals surface area contributed by atoms with E-state index in [-0.39, 0.29) is 5.56 Å². The molecule has 2 rings (SSSR count). The van der Waals surface area contributed by atoms with Gasteiger partial charge in [0.1, 0.15) is 5.82 Å². The van der Waals surface area contributed by atoms with Crippen molar-refractivity contribution in [3.8, 4) is 0 Å². The zero-order valence-electron chi connectivity index (χ0n) is 12.8. The number of rotatable bonds is 5. The van der Waals surface area contributed by atoms with Gasteiger partial charge < -0.3 is 0 Å². The zero-order chi connectivity index (χ0) is 17.0. The molecule has 0 N–H and O–H groups in total. The van der Waals surface area contributed by atoms with Gasteiger partial charge in [-0.3, -0.25) is 0 Å². The number of benzene rings is 2. The first-order chi connectivity index (χ1) is 10.8. The van der Waals surface area contributed by atoms with Crippen LogP contribution in [0.2, 0.25) is 0 Å². The second-order valence-electron chi connectivity index (χ2n) is 5.29. The number of hydrogen-bond acceptors (Lipinski definition) is 0. The summed E-state index contributed by atoms with van der Waals surface area (Å²) >= 11 is 0. The lowest BCUT2D eigenvalue weighted by Crippen LogP contribution is -2.07. The molecule has 0 bridgehead atoms. The summed E-state index contributed by atoms with van der Waals surface area (Å²) in [6, 6.07) is 9.02. The highest BCUT2D eigenvalue weighted by Crippen LogP contribution is 2.29. The smallest absolute Gasteiger partial charge is 0.207 e. The van der Waals surface area contributed by atoms with E-state index in [9.17, 15) is 13.2 Å². The summed E-state index contributed by atoms with van der Waals surface area (Å²) in [5.41, 5.74) is 2.78. The zero-order valence-corrected chi connectivity index (χ0v) is 12.8. The van der Waals surface area contributed by atoms with Gasteiger partial charge in [-0.1, -0.05) is 49.6 Å². The van der Waals surface area contributed by atoms with E-state index < -0.39 is 11.7 Å². The molecular weight excluding hydrogens is 297 g/mol. The lowest BCUT2D eigenvalue weighted by Gasteiger charge is -2.11. The molecule has 23 heavy (non-hydrogen) atoms. The van der Waals surface area contributed by atoms with E-state index in [0.29, 0.717) is 5.56 Å². The molecule has 0 saturated heterocycles. The second-order valence-corrected chi connectivity index (χ2v) is 5.29. The first-order valence-electron chi connectivity index (χ1n) is 7.09.